The number of nitrogens with one attached hydrogen (secondary N) is 1. The van der Waals surface area contributed by atoms with E-state index in [0.717, 1.165) is 17.7 Å². The van der Waals surface area contributed by atoms with E-state index < -0.39 is 15.3 Å². The smallest absolute Gasteiger partial charge is 0.247 e. The van der Waals surface area contributed by atoms with Crippen LogP contribution in [0.15, 0.2) is 28.0 Å². The van der Waals surface area contributed by atoms with Gasteiger partial charge in [0.2, 0.25) is 21.8 Å². The van der Waals surface area contributed by atoms with Gasteiger partial charge in [0, 0.05) is 44.2 Å². The highest BCUT2D eigenvalue weighted by molar-refractivity contribution is 8.01. The zero-order valence-electron chi connectivity index (χ0n) is 17.3. The highest BCUT2D eigenvalue weighted by atomic mass is 32.2. The number of anilines is 1. The molecule has 2 amide bonds. The quantitative estimate of drug-likeness (QED) is 0.696. The van der Waals surface area contributed by atoms with Crippen LogP contribution in [-0.4, -0.2) is 85.9 Å². The Hall–Kier alpha value is -1.62. The van der Waals surface area contributed by atoms with E-state index in [4.69, 9.17) is 0 Å². The van der Waals surface area contributed by atoms with Crippen LogP contribution in [0.25, 0.3) is 0 Å². The van der Waals surface area contributed by atoms with Gasteiger partial charge in [-0.1, -0.05) is 6.92 Å². The van der Waals surface area contributed by atoms with Gasteiger partial charge < -0.3 is 15.1 Å². The summed E-state index contributed by atoms with van der Waals surface area (Å²) in [5.74, 6) is 0.0535. The van der Waals surface area contributed by atoms with Gasteiger partial charge in [-0.3, -0.25) is 9.59 Å². The van der Waals surface area contributed by atoms with E-state index in [1.54, 1.807) is 17.0 Å². The molecule has 3 aliphatic rings. The summed E-state index contributed by atoms with van der Waals surface area (Å²) in [6.45, 7) is 5.81. The van der Waals surface area contributed by atoms with E-state index >= 15 is 0 Å². The number of hydrogen-bond acceptors (Lipinski definition) is 6. The fourth-order valence-corrected chi connectivity index (χ4v) is 6.49. The van der Waals surface area contributed by atoms with Crippen LogP contribution in [0.2, 0.25) is 0 Å². The lowest BCUT2D eigenvalue weighted by Gasteiger charge is -2.34. The molecule has 8 nitrogen and oxygen atoms in total. The standard InChI is InChI=1S/C20H28N4O4S2/c1-14-5-7-23(8-6-14)20(26)18-19(25)21-16-13-15(3-4-17(16)29-18)30(27,28)24-11-9-22(2)10-12-24/h3-4,13-14,18H,5-12H2,1-2H3,(H,21,25). The molecule has 3 heterocycles. The maximum absolute atomic E-state index is 13.0. The number of piperazine rings is 1. The number of sulfonamides is 1. The molecular formula is C20H28N4O4S2. The molecule has 2 fully saturated rings. The lowest BCUT2D eigenvalue weighted by molar-refractivity contribution is -0.135. The average Bonchev–Trinajstić information content (AvgIpc) is 2.73. The minimum Gasteiger partial charge on any atom is -0.341 e. The van der Waals surface area contributed by atoms with Crippen molar-refractivity contribution in [3.63, 3.8) is 0 Å². The molecule has 0 spiro atoms. The highest BCUT2D eigenvalue weighted by Gasteiger charge is 2.37. The number of amides is 2. The summed E-state index contributed by atoms with van der Waals surface area (Å²) in [5.41, 5.74) is 0.455. The van der Waals surface area contributed by atoms with Gasteiger partial charge in [0.1, 0.15) is 0 Å². The van der Waals surface area contributed by atoms with Gasteiger partial charge in [-0.25, -0.2) is 8.42 Å². The number of likely N-dealkylation sites (tertiary alicyclic amines) is 1. The van der Waals surface area contributed by atoms with E-state index in [1.807, 2.05) is 7.05 Å². The van der Waals surface area contributed by atoms with Crippen molar-refractivity contribution >= 4 is 39.3 Å². The van der Waals surface area contributed by atoms with Crippen molar-refractivity contribution in [3.8, 4) is 0 Å². The molecular weight excluding hydrogens is 424 g/mol. The minimum absolute atomic E-state index is 0.163. The van der Waals surface area contributed by atoms with Crippen molar-refractivity contribution in [2.24, 2.45) is 5.92 Å². The number of fused-ring (bicyclic) bond motifs is 1. The van der Waals surface area contributed by atoms with Crippen molar-refractivity contribution in [1.29, 1.82) is 0 Å². The number of nitrogens with zero attached hydrogens (tertiary/aromatic N) is 3. The van der Waals surface area contributed by atoms with E-state index in [1.165, 1.54) is 22.1 Å². The van der Waals surface area contributed by atoms with E-state index in [2.05, 4.69) is 17.1 Å². The molecule has 0 bridgehead atoms. The van der Waals surface area contributed by atoms with Gasteiger partial charge in [0.15, 0.2) is 5.25 Å². The van der Waals surface area contributed by atoms with E-state index in [-0.39, 0.29) is 16.7 Å². The SMILES string of the molecule is CC1CCN(C(=O)C2Sc3ccc(S(=O)(=O)N4CCN(C)CC4)cc3NC2=O)CC1. The number of benzene rings is 1. The Kier molecular flexibility index (Phi) is 6.11. The second-order valence-electron chi connectivity index (χ2n) is 8.36. The Morgan fingerprint density at radius 3 is 2.43 bits per heavy atom. The molecule has 1 atom stereocenters. The Bertz CT molecular complexity index is 936. The topological polar surface area (TPSA) is 90.0 Å². The maximum atomic E-state index is 13.0. The van der Waals surface area contributed by atoms with Crippen molar-refractivity contribution in [3.05, 3.63) is 18.2 Å². The second-order valence-corrected chi connectivity index (χ2v) is 11.4. The highest BCUT2D eigenvalue weighted by Crippen LogP contribution is 2.38. The van der Waals surface area contributed by atoms with Crippen molar-refractivity contribution in [2.45, 2.75) is 34.8 Å². The summed E-state index contributed by atoms with van der Waals surface area (Å²) in [6.07, 6.45) is 1.91. The summed E-state index contributed by atoms with van der Waals surface area (Å²) in [4.78, 5) is 30.3. The summed E-state index contributed by atoms with van der Waals surface area (Å²) in [5, 5.41) is 1.93. The fraction of sp³-hybridized carbons (Fsp3) is 0.600. The van der Waals surface area contributed by atoms with Crippen LogP contribution in [-0.2, 0) is 19.6 Å². The number of carbonyl (C=O) groups is 2. The molecule has 2 saturated heterocycles. The number of thioether (sulfide) groups is 1. The number of piperidine rings is 1. The van der Waals surface area contributed by atoms with Crippen LogP contribution in [0.4, 0.5) is 5.69 Å². The van der Waals surface area contributed by atoms with Crippen LogP contribution in [0.3, 0.4) is 0 Å². The van der Waals surface area contributed by atoms with Crippen molar-refractivity contribution in [1.82, 2.24) is 14.1 Å². The van der Waals surface area contributed by atoms with Crippen LogP contribution in [0.1, 0.15) is 19.8 Å². The molecule has 4 rings (SSSR count). The molecule has 1 aromatic carbocycles. The van der Waals surface area contributed by atoms with Gasteiger partial charge in [0.25, 0.3) is 0 Å². The third-order valence-electron chi connectivity index (χ3n) is 6.11. The van der Waals surface area contributed by atoms with Crippen LogP contribution in [0, 0.1) is 5.92 Å². The number of carbonyl (C=O) groups excluding carboxylic acids is 2. The molecule has 164 valence electrons. The molecule has 0 aromatic heterocycles. The molecule has 30 heavy (non-hydrogen) atoms. The molecule has 0 radical (unpaired) electrons. The Labute approximate surface area is 182 Å². The zero-order valence-corrected chi connectivity index (χ0v) is 19.0. The van der Waals surface area contributed by atoms with Gasteiger partial charge in [-0.15, -0.1) is 11.8 Å². The Morgan fingerprint density at radius 1 is 1.10 bits per heavy atom. The summed E-state index contributed by atoms with van der Waals surface area (Å²) >= 11 is 1.20. The van der Waals surface area contributed by atoms with Gasteiger partial charge in [0.05, 0.1) is 10.6 Å². The Balaban J connectivity index is 1.50. The number of likely N-dealkylation sites (N-methyl/N-ethyl adjacent to an activating group) is 1. The third kappa shape index (κ3) is 4.23. The normalized spacial score (nSPS) is 24.4. The first-order chi connectivity index (χ1) is 14.3. The minimum atomic E-state index is -3.62. The third-order valence-corrected chi connectivity index (χ3v) is 9.27. The molecule has 1 aromatic rings. The van der Waals surface area contributed by atoms with Gasteiger partial charge in [-0.05, 0) is 44.0 Å². The van der Waals surface area contributed by atoms with Crippen LogP contribution >= 0.6 is 11.8 Å². The fourth-order valence-electron chi connectivity index (χ4n) is 3.98. The largest absolute Gasteiger partial charge is 0.341 e. The lowest BCUT2D eigenvalue weighted by atomic mass is 9.99. The van der Waals surface area contributed by atoms with E-state index in [9.17, 15) is 18.0 Å². The molecule has 0 saturated carbocycles. The first kappa shape index (κ1) is 21.6. The van der Waals surface area contributed by atoms with Gasteiger partial charge >= 0.3 is 0 Å². The molecule has 1 unspecified atom stereocenters. The lowest BCUT2D eigenvalue weighted by Crippen LogP contribution is -2.47. The molecule has 0 aliphatic carbocycles. The maximum Gasteiger partial charge on any atom is 0.247 e. The van der Waals surface area contributed by atoms with Crippen molar-refractivity contribution < 1.29 is 18.0 Å². The molecule has 1 N–H and O–H groups in total. The summed E-state index contributed by atoms with van der Waals surface area (Å²) < 4.78 is 27.5. The zero-order chi connectivity index (χ0) is 21.5. The first-order valence-electron chi connectivity index (χ1n) is 10.3. The summed E-state index contributed by atoms with van der Waals surface area (Å²) in [6, 6.07) is 4.78. The molecule has 10 heteroatoms. The van der Waals surface area contributed by atoms with Crippen molar-refractivity contribution in [2.75, 3.05) is 51.6 Å². The van der Waals surface area contributed by atoms with Gasteiger partial charge in [-0.2, -0.15) is 4.31 Å². The van der Waals surface area contributed by atoms with E-state index in [0.29, 0.717) is 50.9 Å². The summed E-state index contributed by atoms with van der Waals surface area (Å²) in [7, 11) is -1.65. The Morgan fingerprint density at radius 2 is 1.77 bits per heavy atom. The number of hydrogen-bond donors (Lipinski definition) is 1. The van der Waals surface area contributed by atoms with Crippen LogP contribution in [0.5, 0.6) is 0 Å². The predicted molar refractivity (Wildman–Crippen MR) is 116 cm³/mol. The first-order valence-corrected chi connectivity index (χ1v) is 12.7. The van der Waals surface area contributed by atoms with Crippen LogP contribution < -0.4 is 5.32 Å². The predicted octanol–water partition coefficient (Wildman–Crippen LogP) is 1.29. The average molecular weight is 453 g/mol. The number of rotatable bonds is 3. The monoisotopic (exact) mass is 452 g/mol. The molecule has 3 aliphatic heterocycles. The second kappa shape index (κ2) is 8.49.